The van der Waals surface area contributed by atoms with E-state index in [-0.39, 0.29) is 11.8 Å². The van der Waals surface area contributed by atoms with Crippen LogP contribution in [0.1, 0.15) is 26.4 Å². The molecule has 0 atom stereocenters. The highest BCUT2D eigenvalue weighted by Crippen LogP contribution is 2.29. The van der Waals surface area contributed by atoms with Crippen molar-refractivity contribution >= 4 is 23.3 Å². The van der Waals surface area contributed by atoms with Gasteiger partial charge in [-0.25, -0.2) is 9.88 Å². The third-order valence-electron chi connectivity index (χ3n) is 3.11. The minimum atomic E-state index is -0.324. The van der Waals surface area contributed by atoms with E-state index in [1.54, 1.807) is 43.3 Å². The van der Waals surface area contributed by atoms with Crippen LogP contribution < -0.4 is 10.6 Å². The summed E-state index contributed by atoms with van der Waals surface area (Å²) in [6.07, 6.45) is 0. The number of rotatable bonds is 1. The van der Waals surface area contributed by atoms with Gasteiger partial charge in [-0.3, -0.25) is 9.59 Å². The molecule has 2 N–H and O–H groups in total. The third kappa shape index (κ3) is 1.59. The molecule has 2 amide bonds. The van der Waals surface area contributed by atoms with Gasteiger partial charge in [0.25, 0.3) is 11.8 Å². The van der Waals surface area contributed by atoms with Gasteiger partial charge in [-0.2, -0.15) is 0 Å². The normalized spacial score (nSPS) is 13.8. The van der Waals surface area contributed by atoms with Crippen molar-refractivity contribution in [3.63, 3.8) is 0 Å². The first-order chi connectivity index (χ1) is 9.09. The number of pyridine rings is 1. The Labute approximate surface area is 109 Å². The summed E-state index contributed by atoms with van der Waals surface area (Å²) in [7, 11) is 0. The van der Waals surface area contributed by atoms with Crippen LogP contribution in [0.25, 0.3) is 0 Å². The predicted octanol–water partition coefficient (Wildman–Crippen LogP) is 1.77. The molecule has 1 aliphatic heterocycles. The van der Waals surface area contributed by atoms with E-state index >= 15 is 0 Å². The minimum absolute atomic E-state index is 0.324. The predicted molar refractivity (Wildman–Crippen MR) is 71.0 cm³/mol. The van der Waals surface area contributed by atoms with E-state index in [9.17, 15) is 9.59 Å². The summed E-state index contributed by atoms with van der Waals surface area (Å²) >= 11 is 0. The van der Waals surface area contributed by atoms with Gasteiger partial charge >= 0.3 is 0 Å². The Balaban J connectivity index is 2.14. The number of anilines is 2. The quantitative estimate of drug-likeness (QED) is 0.786. The molecule has 19 heavy (non-hydrogen) atoms. The molecule has 1 aliphatic rings. The number of nitrogens with two attached hydrogens (primary N) is 1. The molecule has 0 saturated carbocycles. The Hall–Kier alpha value is -2.69. The number of nitrogens with zero attached hydrogens (tertiary/aromatic N) is 2. The highest BCUT2D eigenvalue weighted by Gasteiger charge is 2.37. The van der Waals surface area contributed by atoms with E-state index in [0.717, 1.165) is 4.90 Å². The summed E-state index contributed by atoms with van der Waals surface area (Å²) < 4.78 is 0. The summed E-state index contributed by atoms with van der Waals surface area (Å²) in [4.78, 5) is 29.8. The van der Waals surface area contributed by atoms with Crippen LogP contribution in [0, 0.1) is 6.92 Å². The van der Waals surface area contributed by atoms with E-state index < -0.39 is 0 Å². The highest BCUT2D eigenvalue weighted by atomic mass is 16.2. The van der Waals surface area contributed by atoms with E-state index in [2.05, 4.69) is 4.98 Å². The molecule has 0 radical (unpaired) electrons. The number of aryl methyl sites for hydroxylation is 1. The van der Waals surface area contributed by atoms with Crippen molar-refractivity contribution in [3.8, 4) is 0 Å². The number of fused-ring (bicyclic) bond motifs is 1. The zero-order valence-corrected chi connectivity index (χ0v) is 10.3. The molecule has 94 valence electrons. The van der Waals surface area contributed by atoms with Crippen LogP contribution >= 0.6 is 0 Å². The summed E-state index contributed by atoms with van der Waals surface area (Å²) in [5.74, 6) is -0.289. The van der Waals surface area contributed by atoms with Crippen molar-refractivity contribution in [2.45, 2.75) is 6.92 Å². The number of hydrogen-bond donors (Lipinski definition) is 1. The number of imide groups is 1. The highest BCUT2D eigenvalue weighted by molar-refractivity contribution is 6.34. The number of carbonyl (C=O) groups is 2. The maximum atomic E-state index is 12.3. The molecule has 0 spiro atoms. The van der Waals surface area contributed by atoms with Crippen molar-refractivity contribution < 1.29 is 9.59 Å². The summed E-state index contributed by atoms with van der Waals surface area (Å²) in [5.41, 5.74) is 7.44. The SMILES string of the molecule is Cc1nc(N)ccc1N1C(=O)c2ccccc2C1=O. The Kier molecular flexibility index (Phi) is 2.35. The number of nitrogen functional groups attached to an aromatic ring is 1. The number of hydrogen-bond acceptors (Lipinski definition) is 4. The van der Waals surface area contributed by atoms with Crippen molar-refractivity contribution in [1.82, 2.24) is 4.98 Å². The average molecular weight is 253 g/mol. The zero-order chi connectivity index (χ0) is 13.6. The van der Waals surface area contributed by atoms with Crippen LogP contribution in [-0.2, 0) is 0 Å². The number of benzene rings is 1. The second-order valence-corrected chi connectivity index (χ2v) is 4.33. The molecular formula is C14H11N3O2. The molecule has 3 rings (SSSR count). The van der Waals surface area contributed by atoms with Crippen LogP contribution in [0.4, 0.5) is 11.5 Å². The van der Waals surface area contributed by atoms with Crippen LogP contribution in [0.2, 0.25) is 0 Å². The Morgan fingerprint density at radius 1 is 1.00 bits per heavy atom. The lowest BCUT2D eigenvalue weighted by molar-refractivity contribution is 0.0926. The lowest BCUT2D eigenvalue weighted by Gasteiger charge is -2.15. The van der Waals surface area contributed by atoms with Crippen LogP contribution in [0.15, 0.2) is 36.4 Å². The van der Waals surface area contributed by atoms with Crippen molar-refractivity contribution in [2.75, 3.05) is 10.6 Å². The Morgan fingerprint density at radius 2 is 1.58 bits per heavy atom. The molecule has 1 aromatic carbocycles. The average Bonchev–Trinajstić information content (AvgIpc) is 2.64. The first kappa shape index (κ1) is 11.4. The fourth-order valence-corrected chi connectivity index (χ4v) is 2.22. The minimum Gasteiger partial charge on any atom is -0.384 e. The zero-order valence-electron chi connectivity index (χ0n) is 10.3. The molecule has 0 aliphatic carbocycles. The van der Waals surface area contributed by atoms with Crippen molar-refractivity contribution in [2.24, 2.45) is 0 Å². The van der Waals surface area contributed by atoms with E-state index in [0.29, 0.717) is 28.3 Å². The molecule has 0 fully saturated rings. The van der Waals surface area contributed by atoms with Gasteiger partial charge in [0.05, 0.1) is 22.5 Å². The maximum Gasteiger partial charge on any atom is 0.266 e. The van der Waals surface area contributed by atoms with Crippen LogP contribution in [-0.4, -0.2) is 16.8 Å². The first-order valence-electron chi connectivity index (χ1n) is 5.80. The molecular weight excluding hydrogens is 242 g/mol. The molecule has 5 heteroatoms. The molecule has 0 bridgehead atoms. The lowest BCUT2D eigenvalue weighted by atomic mass is 10.1. The van der Waals surface area contributed by atoms with Gasteiger partial charge in [-0.1, -0.05) is 12.1 Å². The summed E-state index contributed by atoms with van der Waals surface area (Å²) in [5, 5.41) is 0. The molecule has 2 aromatic rings. The standard InChI is InChI=1S/C14H11N3O2/c1-8-11(6-7-12(15)16-8)17-13(18)9-4-2-3-5-10(9)14(17)19/h2-7H,1H3,(H2,15,16). The molecule has 0 unspecified atom stereocenters. The fraction of sp³-hybridized carbons (Fsp3) is 0.0714. The van der Waals surface area contributed by atoms with Crippen molar-refractivity contribution in [3.05, 3.63) is 53.2 Å². The second-order valence-electron chi connectivity index (χ2n) is 4.33. The summed E-state index contributed by atoms with van der Waals surface area (Å²) in [6, 6.07) is 9.99. The maximum absolute atomic E-state index is 12.3. The number of carbonyl (C=O) groups excluding carboxylic acids is 2. The topological polar surface area (TPSA) is 76.3 Å². The van der Waals surface area contributed by atoms with Gasteiger partial charge in [-0.05, 0) is 31.2 Å². The van der Waals surface area contributed by atoms with Gasteiger partial charge in [0, 0.05) is 0 Å². The fourth-order valence-electron chi connectivity index (χ4n) is 2.22. The third-order valence-corrected chi connectivity index (χ3v) is 3.11. The second kappa shape index (κ2) is 3.91. The van der Waals surface area contributed by atoms with E-state index in [1.165, 1.54) is 0 Å². The number of aromatic nitrogens is 1. The monoisotopic (exact) mass is 253 g/mol. The smallest absolute Gasteiger partial charge is 0.266 e. The molecule has 2 heterocycles. The van der Waals surface area contributed by atoms with Gasteiger partial charge in [0.2, 0.25) is 0 Å². The van der Waals surface area contributed by atoms with Gasteiger partial charge < -0.3 is 5.73 Å². The molecule has 0 saturated heterocycles. The largest absolute Gasteiger partial charge is 0.384 e. The van der Waals surface area contributed by atoms with Gasteiger partial charge in [0.1, 0.15) is 5.82 Å². The molecule has 5 nitrogen and oxygen atoms in total. The van der Waals surface area contributed by atoms with Crippen molar-refractivity contribution in [1.29, 1.82) is 0 Å². The Morgan fingerprint density at radius 3 is 2.11 bits per heavy atom. The van der Waals surface area contributed by atoms with Gasteiger partial charge in [-0.15, -0.1) is 0 Å². The first-order valence-corrected chi connectivity index (χ1v) is 5.80. The van der Waals surface area contributed by atoms with Crippen LogP contribution in [0.5, 0.6) is 0 Å². The van der Waals surface area contributed by atoms with Crippen LogP contribution in [0.3, 0.4) is 0 Å². The van der Waals surface area contributed by atoms with E-state index in [1.807, 2.05) is 0 Å². The van der Waals surface area contributed by atoms with Gasteiger partial charge in [0.15, 0.2) is 0 Å². The van der Waals surface area contributed by atoms with E-state index in [4.69, 9.17) is 5.73 Å². The Bertz CT molecular complexity index is 675. The number of amides is 2. The summed E-state index contributed by atoms with van der Waals surface area (Å²) in [6.45, 7) is 1.72. The lowest BCUT2D eigenvalue weighted by Crippen LogP contribution is -2.30. The molecule has 1 aromatic heterocycles.